The summed E-state index contributed by atoms with van der Waals surface area (Å²) in [4.78, 5) is 12.7. The van der Waals surface area contributed by atoms with E-state index < -0.39 is 22.5 Å². The van der Waals surface area contributed by atoms with Crippen LogP contribution in [-0.4, -0.2) is 40.8 Å². The number of anilines is 1. The van der Waals surface area contributed by atoms with Crippen molar-refractivity contribution >= 4 is 39.4 Å². The van der Waals surface area contributed by atoms with Crippen molar-refractivity contribution in [2.45, 2.75) is 4.90 Å². The average Bonchev–Trinajstić information content (AvgIpc) is 2.87. The number of carbonyl (C=O) groups excluding carboxylic acids is 1. The molecule has 3 aromatic carbocycles. The molecule has 1 N–H and O–H groups in total. The van der Waals surface area contributed by atoms with Crippen LogP contribution in [0.4, 0.5) is 5.69 Å². The van der Waals surface area contributed by atoms with Crippen LogP contribution in [0.1, 0.15) is 5.56 Å². The van der Waals surface area contributed by atoms with E-state index >= 15 is 0 Å². The summed E-state index contributed by atoms with van der Waals surface area (Å²) in [6, 6.07) is 19.3. The largest absolute Gasteiger partial charge is 0.493 e. The lowest BCUT2D eigenvalue weighted by Crippen LogP contribution is -2.39. The van der Waals surface area contributed by atoms with Gasteiger partial charge >= 0.3 is 0 Å². The maximum Gasteiger partial charge on any atom is 0.264 e. The summed E-state index contributed by atoms with van der Waals surface area (Å²) >= 11 is 6.26. The molecule has 3 aromatic rings. The predicted molar refractivity (Wildman–Crippen MR) is 137 cm³/mol. The van der Waals surface area contributed by atoms with E-state index in [1.165, 1.54) is 31.5 Å². The van der Waals surface area contributed by atoms with E-state index in [1.807, 2.05) is 0 Å². The van der Waals surface area contributed by atoms with Crippen molar-refractivity contribution in [2.75, 3.05) is 24.6 Å². The number of benzene rings is 3. The van der Waals surface area contributed by atoms with E-state index in [9.17, 15) is 13.2 Å². The third kappa shape index (κ3) is 6.62. The Bertz CT molecular complexity index is 1310. The van der Waals surface area contributed by atoms with Crippen LogP contribution in [-0.2, 0) is 14.8 Å². The maximum absolute atomic E-state index is 13.3. The van der Waals surface area contributed by atoms with Crippen LogP contribution < -0.4 is 19.2 Å². The topological polar surface area (TPSA) is 97.3 Å². The average molecular weight is 514 g/mol. The van der Waals surface area contributed by atoms with Crippen molar-refractivity contribution in [1.29, 1.82) is 0 Å². The van der Waals surface area contributed by atoms with Gasteiger partial charge in [-0.3, -0.25) is 9.10 Å². The van der Waals surface area contributed by atoms with E-state index in [0.717, 1.165) is 4.31 Å². The summed E-state index contributed by atoms with van der Waals surface area (Å²) in [5.74, 6) is 0.370. The first kappa shape index (κ1) is 25.8. The fourth-order valence-corrected chi connectivity index (χ4v) is 4.80. The fraction of sp³-hybridized carbons (Fsp3) is 0.120. The van der Waals surface area contributed by atoms with Gasteiger partial charge in [0, 0.05) is 0 Å². The molecule has 0 spiro atoms. The second kappa shape index (κ2) is 12.0. The minimum Gasteiger partial charge on any atom is -0.493 e. The van der Waals surface area contributed by atoms with Gasteiger partial charge in [-0.05, 0) is 48.0 Å². The number of hydrogen-bond donors (Lipinski definition) is 1. The summed E-state index contributed by atoms with van der Waals surface area (Å²) in [6.45, 7) is 3.40. The zero-order valence-corrected chi connectivity index (χ0v) is 20.5. The quantitative estimate of drug-likeness (QED) is 0.235. The fourth-order valence-electron chi connectivity index (χ4n) is 3.05. The van der Waals surface area contributed by atoms with Crippen molar-refractivity contribution in [3.8, 4) is 11.5 Å². The van der Waals surface area contributed by atoms with Gasteiger partial charge in [0.2, 0.25) is 0 Å². The maximum atomic E-state index is 13.3. The molecule has 8 nitrogen and oxygen atoms in total. The summed E-state index contributed by atoms with van der Waals surface area (Å²) in [5.41, 5.74) is 3.17. The number of nitrogens with zero attached hydrogens (tertiary/aromatic N) is 2. The number of sulfonamides is 1. The van der Waals surface area contributed by atoms with E-state index in [-0.39, 0.29) is 15.6 Å². The molecule has 0 atom stereocenters. The molecule has 182 valence electrons. The Labute approximate surface area is 209 Å². The van der Waals surface area contributed by atoms with Crippen molar-refractivity contribution in [3.05, 3.63) is 96.0 Å². The van der Waals surface area contributed by atoms with Gasteiger partial charge in [-0.1, -0.05) is 54.6 Å². The number of rotatable bonds is 11. The van der Waals surface area contributed by atoms with Crippen LogP contribution in [0.3, 0.4) is 0 Å². The Morgan fingerprint density at radius 1 is 1.09 bits per heavy atom. The zero-order valence-electron chi connectivity index (χ0n) is 18.9. The van der Waals surface area contributed by atoms with Gasteiger partial charge in [-0.15, -0.1) is 0 Å². The molecular weight excluding hydrogens is 490 g/mol. The SMILES string of the molecule is C=CCOc1ccc(/C=N\NC(=O)CN(c2ccccc2Cl)S(=O)(=O)c2ccccc2)cc1OC. The number of halogens is 1. The van der Waals surface area contributed by atoms with Crippen molar-refractivity contribution in [2.24, 2.45) is 5.10 Å². The number of hydrogen-bond acceptors (Lipinski definition) is 6. The van der Waals surface area contributed by atoms with Gasteiger partial charge in [0.25, 0.3) is 15.9 Å². The molecule has 0 saturated heterocycles. The minimum atomic E-state index is -4.07. The van der Waals surface area contributed by atoms with E-state index in [0.29, 0.717) is 23.7 Å². The first-order valence-electron chi connectivity index (χ1n) is 10.4. The molecule has 0 saturated carbocycles. The number of amides is 1. The number of para-hydroxylation sites is 1. The molecule has 0 aromatic heterocycles. The van der Waals surface area contributed by atoms with Crippen molar-refractivity contribution < 1.29 is 22.7 Å². The molecule has 0 aliphatic heterocycles. The lowest BCUT2D eigenvalue weighted by molar-refractivity contribution is -0.119. The van der Waals surface area contributed by atoms with E-state index in [1.54, 1.807) is 60.7 Å². The standard InChI is InChI=1S/C25H24ClN3O5S/c1-3-15-34-23-14-13-19(16-24(23)33-2)17-27-28-25(30)18-29(22-12-8-7-11-21(22)26)35(31,32)20-9-5-4-6-10-20/h3-14,16-17H,1,15,18H2,2H3,(H,28,30)/b27-17-. The highest BCUT2D eigenvalue weighted by molar-refractivity contribution is 7.92. The van der Waals surface area contributed by atoms with Crippen LogP contribution in [0.25, 0.3) is 0 Å². The molecule has 0 aliphatic carbocycles. The summed E-state index contributed by atoms with van der Waals surface area (Å²) in [6.07, 6.45) is 3.03. The molecule has 0 bridgehead atoms. The lowest BCUT2D eigenvalue weighted by Gasteiger charge is -2.24. The lowest BCUT2D eigenvalue weighted by atomic mass is 10.2. The Balaban J connectivity index is 1.78. The number of hydrazone groups is 1. The molecule has 0 unspecified atom stereocenters. The third-order valence-electron chi connectivity index (χ3n) is 4.69. The van der Waals surface area contributed by atoms with Gasteiger partial charge < -0.3 is 9.47 Å². The highest BCUT2D eigenvalue weighted by atomic mass is 35.5. The first-order valence-corrected chi connectivity index (χ1v) is 12.2. The Kier molecular flexibility index (Phi) is 8.88. The van der Waals surface area contributed by atoms with E-state index in [4.69, 9.17) is 21.1 Å². The molecule has 0 heterocycles. The molecule has 0 fully saturated rings. The van der Waals surface area contributed by atoms with Crippen molar-refractivity contribution in [1.82, 2.24) is 5.43 Å². The molecular formula is C25H24ClN3O5S. The minimum absolute atomic E-state index is 0.0297. The Morgan fingerprint density at radius 3 is 2.49 bits per heavy atom. The molecule has 35 heavy (non-hydrogen) atoms. The van der Waals surface area contributed by atoms with Gasteiger partial charge in [-0.25, -0.2) is 13.8 Å². The molecule has 3 rings (SSSR count). The van der Waals surface area contributed by atoms with Gasteiger partial charge in [0.1, 0.15) is 13.2 Å². The van der Waals surface area contributed by atoms with Gasteiger partial charge in [0.05, 0.1) is 28.9 Å². The van der Waals surface area contributed by atoms with Crippen LogP contribution in [0, 0.1) is 0 Å². The number of nitrogens with one attached hydrogen (secondary N) is 1. The summed E-state index contributed by atoms with van der Waals surface area (Å²) in [5, 5.41) is 4.13. The third-order valence-corrected chi connectivity index (χ3v) is 6.78. The monoisotopic (exact) mass is 513 g/mol. The molecule has 0 radical (unpaired) electrons. The molecule has 1 amide bonds. The second-order valence-electron chi connectivity index (χ2n) is 7.08. The second-order valence-corrected chi connectivity index (χ2v) is 9.35. The summed E-state index contributed by atoms with van der Waals surface area (Å²) in [7, 11) is -2.56. The molecule has 10 heteroatoms. The normalized spacial score (nSPS) is 11.1. The zero-order chi connectivity index (χ0) is 25.3. The number of ether oxygens (including phenoxy) is 2. The van der Waals surface area contributed by atoms with Crippen LogP contribution in [0.2, 0.25) is 5.02 Å². The highest BCUT2D eigenvalue weighted by Crippen LogP contribution is 2.30. The highest BCUT2D eigenvalue weighted by Gasteiger charge is 2.28. The Morgan fingerprint density at radius 2 is 1.80 bits per heavy atom. The first-order chi connectivity index (χ1) is 16.9. The van der Waals surface area contributed by atoms with Crippen LogP contribution in [0.15, 0.2) is 95.4 Å². The van der Waals surface area contributed by atoms with Crippen LogP contribution in [0.5, 0.6) is 11.5 Å². The Hall–Kier alpha value is -3.82. The summed E-state index contributed by atoms with van der Waals surface area (Å²) < 4.78 is 38.4. The van der Waals surface area contributed by atoms with Crippen LogP contribution >= 0.6 is 11.6 Å². The number of carbonyl (C=O) groups is 1. The predicted octanol–water partition coefficient (Wildman–Crippen LogP) is 4.26. The van der Waals surface area contributed by atoms with Gasteiger partial charge in [0.15, 0.2) is 11.5 Å². The smallest absolute Gasteiger partial charge is 0.264 e. The molecule has 0 aliphatic rings. The number of methoxy groups -OCH3 is 1. The van der Waals surface area contributed by atoms with Crippen molar-refractivity contribution in [3.63, 3.8) is 0 Å². The van der Waals surface area contributed by atoms with E-state index in [2.05, 4.69) is 17.1 Å². The van der Waals surface area contributed by atoms with Gasteiger partial charge in [-0.2, -0.15) is 5.10 Å².